The Labute approximate surface area is 244 Å². The summed E-state index contributed by atoms with van der Waals surface area (Å²) in [5.74, 6) is 0.821. The van der Waals surface area contributed by atoms with Crippen LogP contribution in [-0.2, 0) is 4.79 Å². The predicted octanol–water partition coefficient (Wildman–Crippen LogP) is 7.57. The molecular formula is C34H35NO5S. The zero-order chi connectivity index (χ0) is 28.8. The van der Waals surface area contributed by atoms with Crippen molar-refractivity contribution in [3.8, 4) is 21.9 Å². The molecule has 0 amide bonds. The molecule has 1 fully saturated rings. The molecule has 5 rings (SSSR count). The molecule has 0 atom stereocenters. The fourth-order valence-corrected chi connectivity index (χ4v) is 6.37. The van der Waals surface area contributed by atoms with Gasteiger partial charge in [0.25, 0.3) is 0 Å². The summed E-state index contributed by atoms with van der Waals surface area (Å²) in [7, 11) is 0. The molecule has 1 aliphatic heterocycles. The number of nitrogens with zero attached hydrogens (tertiary/aromatic N) is 1. The van der Waals surface area contributed by atoms with Crippen molar-refractivity contribution in [2.45, 2.75) is 46.0 Å². The number of Topliss-reactive ketones (excluding diaryl/α,β-unsaturated/α-hetero) is 1. The van der Waals surface area contributed by atoms with Crippen LogP contribution in [0.5, 0.6) is 11.5 Å². The molecule has 0 aliphatic carbocycles. The number of carbonyl (C=O) groups excluding carboxylic acids is 3. The largest absolute Gasteiger partial charge is 0.492 e. The van der Waals surface area contributed by atoms with Gasteiger partial charge in [0, 0.05) is 44.6 Å². The Bertz CT molecular complexity index is 1530. The van der Waals surface area contributed by atoms with Gasteiger partial charge < -0.3 is 9.47 Å². The zero-order valence-corrected chi connectivity index (χ0v) is 24.4. The monoisotopic (exact) mass is 569 g/mol. The number of hydrogen-bond donors (Lipinski definition) is 0. The predicted molar refractivity (Wildman–Crippen MR) is 163 cm³/mol. The highest BCUT2D eigenvalue weighted by molar-refractivity contribution is 7.22. The molecule has 2 heterocycles. The van der Waals surface area contributed by atoms with Crippen molar-refractivity contribution >= 4 is 39.0 Å². The molecule has 3 aromatic carbocycles. The number of hydrogen-bond acceptors (Lipinski definition) is 7. The minimum Gasteiger partial charge on any atom is -0.492 e. The average molecular weight is 570 g/mol. The Kier molecular flexibility index (Phi) is 9.27. The molecule has 0 unspecified atom stereocenters. The van der Waals surface area contributed by atoms with Gasteiger partial charge in [-0.05, 0) is 99.4 Å². The van der Waals surface area contributed by atoms with Gasteiger partial charge >= 0.3 is 5.97 Å². The summed E-state index contributed by atoms with van der Waals surface area (Å²) in [5.41, 5.74) is 2.60. The number of carbonyl (C=O) groups is 3. The summed E-state index contributed by atoms with van der Waals surface area (Å²) in [6.45, 7) is 7.26. The van der Waals surface area contributed by atoms with E-state index in [0.717, 1.165) is 52.3 Å². The fraction of sp³-hybridized carbons (Fsp3) is 0.324. The lowest BCUT2D eigenvalue weighted by atomic mass is 9.96. The Morgan fingerprint density at radius 3 is 2.22 bits per heavy atom. The SMILES string of the molecule is CCCC(=O)Oc1ccc(-c2sc3cc(C(C)=O)ccc3c2C(=O)c2ccc(OCCN3CCCCC3)cc2)cc1. The quantitative estimate of drug-likeness (QED) is 0.105. The number of likely N-dealkylation sites (tertiary alicyclic amines) is 1. The lowest BCUT2D eigenvalue weighted by Gasteiger charge is -2.26. The highest BCUT2D eigenvalue weighted by Gasteiger charge is 2.22. The van der Waals surface area contributed by atoms with Crippen LogP contribution < -0.4 is 9.47 Å². The van der Waals surface area contributed by atoms with Gasteiger partial charge in [-0.3, -0.25) is 19.3 Å². The zero-order valence-electron chi connectivity index (χ0n) is 23.6. The second-order valence-electron chi connectivity index (χ2n) is 10.4. The number of piperidine rings is 1. The first kappa shape index (κ1) is 28.7. The molecule has 41 heavy (non-hydrogen) atoms. The van der Waals surface area contributed by atoms with Crippen molar-refractivity contribution in [1.29, 1.82) is 0 Å². The van der Waals surface area contributed by atoms with Crippen molar-refractivity contribution < 1.29 is 23.9 Å². The summed E-state index contributed by atoms with van der Waals surface area (Å²) in [5, 5.41) is 0.806. The Morgan fingerprint density at radius 2 is 1.54 bits per heavy atom. The molecule has 212 valence electrons. The van der Waals surface area contributed by atoms with Crippen LogP contribution in [0.4, 0.5) is 0 Å². The maximum Gasteiger partial charge on any atom is 0.311 e. The molecule has 0 N–H and O–H groups in total. The second-order valence-corrected chi connectivity index (χ2v) is 11.5. The van der Waals surface area contributed by atoms with Crippen molar-refractivity contribution in [3.63, 3.8) is 0 Å². The summed E-state index contributed by atoms with van der Waals surface area (Å²) in [4.78, 5) is 41.2. The topological polar surface area (TPSA) is 72.9 Å². The fourth-order valence-electron chi connectivity index (χ4n) is 5.13. The van der Waals surface area contributed by atoms with Gasteiger partial charge in [0.2, 0.25) is 0 Å². The summed E-state index contributed by atoms with van der Waals surface area (Å²) in [6, 6.07) is 20.0. The van der Waals surface area contributed by atoms with Crippen LogP contribution in [0.1, 0.15) is 72.2 Å². The molecule has 0 bridgehead atoms. The first-order chi connectivity index (χ1) is 19.9. The lowest BCUT2D eigenvalue weighted by Crippen LogP contribution is -2.33. The van der Waals surface area contributed by atoms with Crippen LogP contribution in [0, 0.1) is 0 Å². The molecular weight excluding hydrogens is 534 g/mol. The standard InChI is InChI=1S/C34H35NO5S/c1-3-7-31(37)40-28-15-10-25(11-16-28)34-32(29-17-12-26(23(2)36)22-30(29)41-34)33(38)24-8-13-27(14-9-24)39-21-20-35-18-5-4-6-19-35/h8-17,22H,3-7,18-21H2,1-2H3. The molecule has 1 aromatic heterocycles. The average Bonchev–Trinajstić information content (AvgIpc) is 3.37. The van der Waals surface area contributed by atoms with Crippen LogP contribution in [0.2, 0.25) is 0 Å². The van der Waals surface area contributed by atoms with Gasteiger partial charge in [-0.25, -0.2) is 0 Å². The summed E-state index contributed by atoms with van der Waals surface area (Å²) < 4.78 is 12.2. The van der Waals surface area contributed by atoms with Crippen molar-refractivity contribution in [2.24, 2.45) is 0 Å². The van der Waals surface area contributed by atoms with Crippen molar-refractivity contribution in [3.05, 3.63) is 83.4 Å². The number of esters is 1. The van der Waals surface area contributed by atoms with Crippen LogP contribution in [0.15, 0.2) is 66.7 Å². The number of fused-ring (bicyclic) bond motifs is 1. The molecule has 1 saturated heterocycles. The summed E-state index contributed by atoms with van der Waals surface area (Å²) >= 11 is 1.48. The molecule has 0 spiro atoms. The van der Waals surface area contributed by atoms with Crippen LogP contribution in [-0.4, -0.2) is 48.7 Å². The van der Waals surface area contributed by atoms with Crippen LogP contribution >= 0.6 is 11.3 Å². The highest BCUT2D eigenvalue weighted by atomic mass is 32.1. The normalized spacial score (nSPS) is 13.7. The number of thiophene rings is 1. The number of ether oxygens (including phenoxy) is 2. The maximum atomic E-state index is 14.0. The minimum atomic E-state index is -0.270. The minimum absolute atomic E-state index is 0.0242. The van der Waals surface area contributed by atoms with Crippen LogP contribution in [0.3, 0.4) is 0 Å². The van der Waals surface area contributed by atoms with E-state index >= 15 is 0 Å². The third kappa shape index (κ3) is 6.92. The maximum absolute atomic E-state index is 14.0. The van der Waals surface area contributed by atoms with Gasteiger partial charge in [-0.1, -0.05) is 25.5 Å². The molecule has 1 aliphatic rings. The molecule has 7 heteroatoms. The number of ketones is 2. The van der Waals surface area contributed by atoms with E-state index in [2.05, 4.69) is 4.90 Å². The van der Waals surface area contributed by atoms with E-state index in [4.69, 9.17) is 9.47 Å². The van der Waals surface area contributed by atoms with Crippen molar-refractivity contribution in [2.75, 3.05) is 26.2 Å². The summed E-state index contributed by atoms with van der Waals surface area (Å²) in [6.07, 6.45) is 4.90. The van der Waals surface area contributed by atoms with Gasteiger partial charge in [-0.2, -0.15) is 0 Å². The van der Waals surface area contributed by atoms with Gasteiger partial charge in [-0.15, -0.1) is 11.3 Å². The van der Waals surface area contributed by atoms with Gasteiger partial charge in [0.1, 0.15) is 18.1 Å². The number of rotatable bonds is 11. The third-order valence-electron chi connectivity index (χ3n) is 7.37. The molecule has 6 nitrogen and oxygen atoms in total. The van der Waals surface area contributed by atoms with E-state index in [-0.39, 0.29) is 17.5 Å². The van der Waals surface area contributed by atoms with Gasteiger partial charge in [0.15, 0.2) is 11.6 Å². The van der Waals surface area contributed by atoms with Gasteiger partial charge in [0.05, 0.1) is 0 Å². The smallest absolute Gasteiger partial charge is 0.311 e. The van der Waals surface area contributed by atoms with E-state index in [1.165, 1.54) is 37.5 Å². The third-order valence-corrected chi connectivity index (χ3v) is 8.57. The van der Waals surface area contributed by atoms with E-state index in [9.17, 15) is 14.4 Å². The molecule has 4 aromatic rings. The second kappa shape index (κ2) is 13.2. The van der Waals surface area contributed by atoms with E-state index in [0.29, 0.717) is 35.5 Å². The Morgan fingerprint density at radius 1 is 0.854 bits per heavy atom. The van der Waals surface area contributed by atoms with E-state index in [1.807, 2.05) is 55.5 Å². The Balaban J connectivity index is 1.40. The highest BCUT2D eigenvalue weighted by Crippen LogP contribution is 2.41. The van der Waals surface area contributed by atoms with Crippen LogP contribution in [0.25, 0.3) is 20.5 Å². The number of benzene rings is 3. The van der Waals surface area contributed by atoms with E-state index < -0.39 is 0 Å². The van der Waals surface area contributed by atoms with Crippen molar-refractivity contribution in [1.82, 2.24) is 4.90 Å². The molecule has 0 radical (unpaired) electrons. The first-order valence-electron chi connectivity index (χ1n) is 14.3. The first-order valence-corrected chi connectivity index (χ1v) is 15.1. The molecule has 0 saturated carbocycles. The van der Waals surface area contributed by atoms with E-state index in [1.54, 1.807) is 18.2 Å². The lowest BCUT2D eigenvalue weighted by molar-refractivity contribution is -0.134. The Hall–Kier alpha value is -3.81.